The number of nitrogens with zero attached hydrogens (tertiary/aromatic N) is 2. The molecule has 3 aromatic rings. The smallest absolute Gasteiger partial charge is 0.345 e. The van der Waals surface area contributed by atoms with Gasteiger partial charge in [-0.05, 0) is 12.5 Å². The van der Waals surface area contributed by atoms with Crippen molar-refractivity contribution in [1.82, 2.24) is 9.55 Å². The molecule has 0 bridgehead atoms. The summed E-state index contributed by atoms with van der Waals surface area (Å²) >= 11 is 0. The standard InChI is InChI=1S/C23H23F3N2O2/c1-17-27-12-13-28(17)21-14-22(19-10-6-3-7-11-19,30-16-20(21)23(24,25)26)29-15-18-8-4-2-5-9-18/h2-13,20-21H,14-16H2,1H3. The van der Waals surface area contributed by atoms with Crippen molar-refractivity contribution in [3.63, 3.8) is 0 Å². The number of halogens is 3. The van der Waals surface area contributed by atoms with Crippen molar-refractivity contribution in [2.24, 2.45) is 5.92 Å². The van der Waals surface area contributed by atoms with Crippen LogP contribution in [-0.4, -0.2) is 22.3 Å². The highest BCUT2D eigenvalue weighted by Crippen LogP contribution is 2.49. The summed E-state index contributed by atoms with van der Waals surface area (Å²) in [4.78, 5) is 4.14. The molecule has 0 N–H and O–H groups in total. The topological polar surface area (TPSA) is 36.3 Å². The van der Waals surface area contributed by atoms with Crippen molar-refractivity contribution in [2.75, 3.05) is 6.61 Å². The second-order valence-electron chi connectivity index (χ2n) is 7.51. The Morgan fingerprint density at radius 2 is 1.77 bits per heavy atom. The van der Waals surface area contributed by atoms with Crippen molar-refractivity contribution in [1.29, 1.82) is 0 Å². The van der Waals surface area contributed by atoms with Crippen LogP contribution in [0.1, 0.15) is 29.4 Å². The van der Waals surface area contributed by atoms with Crippen LogP contribution in [-0.2, 0) is 21.9 Å². The molecule has 0 aliphatic carbocycles. The second kappa shape index (κ2) is 8.24. The van der Waals surface area contributed by atoms with Gasteiger partial charge in [-0.15, -0.1) is 0 Å². The van der Waals surface area contributed by atoms with Gasteiger partial charge in [0.05, 0.1) is 25.2 Å². The molecular formula is C23H23F3N2O2. The van der Waals surface area contributed by atoms with Gasteiger partial charge >= 0.3 is 6.18 Å². The van der Waals surface area contributed by atoms with Crippen LogP contribution in [0.2, 0.25) is 0 Å². The first-order chi connectivity index (χ1) is 14.4. The molecule has 2 aromatic carbocycles. The fraction of sp³-hybridized carbons (Fsp3) is 0.348. The molecule has 1 fully saturated rings. The third kappa shape index (κ3) is 4.13. The molecule has 1 aliphatic rings. The third-order valence-electron chi connectivity index (χ3n) is 5.61. The lowest BCUT2D eigenvalue weighted by atomic mass is 9.86. The number of benzene rings is 2. The van der Waals surface area contributed by atoms with E-state index >= 15 is 0 Å². The number of ether oxygens (including phenoxy) is 2. The average molecular weight is 416 g/mol. The summed E-state index contributed by atoms with van der Waals surface area (Å²) in [7, 11) is 0. The Balaban J connectivity index is 1.72. The van der Waals surface area contributed by atoms with E-state index in [1.54, 1.807) is 17.7 Å². The maximum atomic E-state index is 13.9. The zero-order valence-electron chi connectivity index (χ0n) is 16.5. The van der Waals surface area contributed by atoms with Gasteiger partial charge in [0.25, 0.3) is 0 Å². The van der Waals surface area contributed by atoms with Gasteiger partial charge in [-0.1, -0.05) is 60.7 Å². The molecule has 0 amide bonds. The van der Waals surface area contributed by atoms with Crippen LogP contribution in [0, 0.1) is 12.8 Å². The minimum Gasteiger partial charge on any atom is -0.345 e. The predicted molar refractivity (Wildman–Crippen MR) is 105 cm³/mol. The van der Waals surface area contributed by atoms with E-state index in [-0.39, 0.29) is 13.0 Å². The zero-order chi connectivity index (χ0) is 21.2. The van der Waals surface area contributed by atoms with Crippen LogP contribution in [0.15, 0.2) is 73.1 Å². The maximum Gasteiger partial charge on any atom is 0.396 e. The first-order valence-corrected chi connectivity index (χ1v) is 9.82. The Hall–Kier alpha value is -2.64. The molecule has 0 saturated carbocycles. The lowest BCUT2D eigenvalue weighted by Crippen LogP contribution is -2.49. The molecule has 1 saturated heterocycles. The highest BCUT2D eigenvalue weighted by Gasteiger charge is 2.54. The van der Waals surface area contributed by atoms with Crippen LogP contribution in [0.5, 0.6) is 0 Å². The van der Waals surface area contributed by atoms with Crippen LogP contribution >= 0.6 is 0 Å². The zero-order valence-corrected chi connectivity index (χ0v) is 16.5. The van der Waals surface area contributed by atoms with E-state index in [1.165, 1.54) is 6.20 Å². The second-order valence-corrected chi connectivity index (χ2v) is 7.51. The summed E-state index contributed by atoms with van der Waals surface area (Å²) in [5.41, 5.74) is 1.62. The Morgan fingerprint density at radius 3 is 2.37 bits per heavy atom. The molecule has 1 aromatic heterocycles. The minimum absolute atomic E-state index is 0.0191. The summed E-state index contributed by atoms with van der Waals surface area (Å²) in [5, 5.41) is 0. The number of hydrogen-bond acceptors (Lipinski definition) is 3. The Morgan fingerprint density at radius 1 is 1.10 bits per heavy atom. The molecule has 158 valence electrons. The summed E-state index contributed by atoms with van der Waals surface area (Å²) in [6.45, 7) is 1.44. The Labute approximate surface area is 173 Å². The van der Waals surface area contributed by atoms with Gasteiger partial charge in [0.15, 0.2) is 5.79 Å². The molecule has 30 heavy (non-hydrogen) atoms. The monoisotopic (exact) mass is 416 g/mol. The Kier molecular flexibility index (Phi) is 5.66. The van der Waals surface area contributed by atoms with E-state index in [1.807, 2.05) is 60.7 Å². The third-order valence-corrected chi connectivity index (χ3v) is 5.61. The first-order valence-electron chi connectivity index (χ1n) is 9.82. The summed E-state index contributed by atoms with van der Waals surface area (Å²) in [6, 6.07) is 17.8. The van der Waals surface area contributed by atoms with E-state index in [0.29, 0.717) is 11.4 Å². The molecule has 0 radical (unpaired) electrons. The molecule has 4 nitrogen and oxygen atoms in total. The average Bonchev–Trinajstić information content (AvgIpc) is 3.18. The minimum atomic E-state index is -4.40. The molecule has 3 unspecified atom stereocenters. The van der Waals surface area contributed by atoms with Crippen molar-refractivity contribution >= 4 is 0 Å². The van der Waals surface area contributed by atoms with Gasteiger partial charge in [0, 0.05) is 24.4 Å². The van der Waals surface area contributed by atoms with Crippen molar-refractivity contribution in [2.45, 2.75) is 38.0 Å². The maximum absolute atomic E-state index is 13.9. The lowest BCUT2D eigenvalue weighted by Gasteiger charge is -2.45. The molecule has 2 heterocycles. The van der Waals surface area contributed by atoms with Crippen molar-refractivity contribution in [3.8, 4) is 0 Å². The van der Waals surface area contributed by atoms with Crippen LogP contribution in [0.4, 0.5) is 13.2 Å². The summed E-state index contributed by atoms with van der Waals surface area (Å²) in [6.07, 6.45) is -1.26. The number of imidazole rings is 1. The number of hydrogen-bond donors (Lipinski definition) is 0. The normalized spacial score (nSPS) is 24.7. The van der Waals surface area contributed by atoms with Gasteiger partial charge in [-0.3, -0.25) is 0 Å². The van der Waals surface area contributed by atoms with Crippen LogP contribution < -0.4 is 0 Å². The van der Waals surface area contributed by atoms with Crippen molar-refractivity contribution in [3.05, 3.63) is 90.0 Å². The number of aromatic nitrogens is 2. The van der Waals surface area contributed by atoms with Gasteiger partial charge in [-0.2, -0.15) is 13.2 Å². The van der Waals surface area contributed by atoms with E-state index in [9.17, 15) is 13.2 Å². The van der Waals surface area contributed by atoms with Gasteiger partial charge < -0.3 is 14.0 Å². The van der Waals surface area contributed by atoms with E-state index < -0.39 is 30.5 Å². The predicted octanol–water partition coefficient (Wildman–Crippen LogP) is 5.40. The van der Waals surface area contributed by atoms with E-state index in [4.69, 9.17) is 9.47 Å². The molecule has 1 aliphatic heterocycles. The number of alkyl halides is 3. The number of rotatable bonds is 5. The van der Waals surface area contributed by atoms with E-state index in [0.717, 1.165) is 5.56 Å². The van der Waals surface area contributed by atoms with Gasteiger partial charge in [-0.25, -0.2) is 4.98 Å². The molecule has 3 atom stereocenters. The largest absolute Gasteiger partial charge is 0.396 e. The van der Waals surface area contributed by atoms with Gasteiger partial charge in [0.1, 0.15) is 5.82 Å². The molecule has 4 rings (SSSR count). The SMILES string of the molecule is Cc1nccn1C1CC(OCc2ccccc2)(c2ccccc2)OCC1C(F)(F)F. The molecule has 0 spiro atoms. The fourth-order valence-corrected chi connectivity index (χ4v) is 4.01. The number of aryl methyl sites for hydroxylation is 1. The van der Waals surface area contributed by atoms with Crippen LogP contribution in [0.3, 0.4) is 0 Å². The fourth-order valence-electron chi connectivity index (χ4n) is 4.01. The molecule has 7 heteroatoms. The summed E-state index contributed by atoms with van der Waals surface area (Å²) in [5.74, 6) is -2.41. The highest BCUT2D eigenvalue weighted by molar-refractivity contribution is 5.22. The molecular weight excluding hydrogens is 393 g/mol. The van der Waals surface area contributed by atoms with Crippen molar-refractivity contribution < 1.29 is 22.6 Å². The summed E-state index contributed by atoms with van der Waals surface area (Å²) < 4.78 is 55.3. The quantitative estimate of drug-likeness (QED) is 0.559. The lowest BCUT2D eigenvalue weighted by molar-refractivity contribution is -0.319. The Bertz CT molecular complexity index is 959. The first kappa shape index (κ1) is 20.6. The highest BCUT2D eigenvalue weighted by atomic mass is 19.4. The van der Waals surface area contributed by atoms with Crippen LogP contribution in [0.25, 0.3) is 0 Å². The van der Waals surface area contributed by atoms with Gasteiger partial charge in [0.2, 0.25) is 0 Å². The van der Waals surface area contributed by atoms with E-state index in [2.05, 4.69) is 4.98 Å².